The number of phenolic OH excluding ortho intramolecular Hbond substituents is 1. The Labute approximate surface area is 253 Å². The van der Waals surface area contributed by atoms with Gasteiger partial charge in [-0.25, -0.2) is 9.36 Å². The van der Waals surface area contributed by atoms with Gasteiger partial charge in [-0.3, -0.25) is 19.4 Å². The molecule has 1 aliphatic heterocycles. The Kier molecular flexibility index (Phi) is 11.6. The molecule has 0 radical (unpaired) electrons. The Balaban J connectivity index is 0.00000259. The van der Waals surface area contributed by atoms with Gasteiger partial charge < -0.3 is 24.5 Å². The minimum Gasteiger partial charge on any atom is -0.508 e. The van der Waals surface area contributed by atoms with Gasteiger partial charge in [0, 0.05) is 40.8 Å². The van der Waals surface area contributed by atoms with Crippen molar-refractivity contribution in [1.82, 2.24) is 5.32 Å². The summed E-state index contributed by atoms with van der Waals surface area (Å²) in [6.07, 6.45) is 7.08. The number of fused-ring (bicyclic) bond motifs is 2. The van der Waals surface area contributed by atoms with Crippen LogP contribution in [0, 0.1) is 5.92 Å². The number of carbonyl (C=O) groups excluding carboxylic acids is 1. The van der Waals surface area contributed by atoms with Gasteiger partial charge in [0.15, 0.2) is 5.43 Å². The Bertz CT molecular complexity index is 1770. The van der Waals surface area contributed by atoms with Crippen LogP contribution in [0.5, 0.6) is 5.75 Å². The molecule has 44 heavy (non-hydrogen) atoms. The maximum Gasteiger partial charge on any atom is 0.524 e. The van der Waals surface area contributed by atoms with Crippen molar-refractivity contribution < 1.29 is 43.1 Å². The lowest BCUT2D eigenvalue weighted by Crippen LogP contribution is -2.26. The van der Waals surface area contributed by atoms with E-state index in [0.29, 0.717) is 29.4 Å². The second-order valence-electron chi connectivity index (χ2n) is 9.41. The van der Waals surface area contributed by atoms with E-state index in [2.05, 4.69) is 9.84 Å². The van der Waals surface area contributed by atoms with Gasteiger partial charge in [0.25, 0.3) is 5.91 Å². The maximum atomic E-state index is 13.1. The lowest BCUT2D eigenvalue weighted by molar-refractivity contribution is 0.0697. The summed E-state index contributed by atoms with van der Waals surface area (Å²) in [5, 5.41) is 23.3. The molecule has 0 aromatic heterocycles. The summed E-state index contributed by atoms with van der Waals surface area (Å²) in [5.74, 6) is -1.60. The van der Waals surface area contributed by atoms with Crippen molar-refractivity contribution in [2.45, 2.75) is 33.6 Å². The van der Waals surface area contributed by atoms with Crippen molar-refractivity contribution in [2.24, 2.45) is 5.92 Å². The Morgan fingerprint density at radius 3 is 2.48 bits per heavy atom. The molecule has 0 fully saturated rings. The molecule has 1 atom stereocenters. The maximum absolute atomic E-state index is 13.1. The van der Waals surface area contributed by atoms with Gasteiger partial charge in [-0.05, 0) is 79.8 Å². The van der Waals surface area contributed by atoms with Crippen LogP contribution in [-0.2, 0) is 9.09 Å². The number of phosphoric ester groups is 1. The first-order chi connectivity index (χ1) is 21.0. The second-order valence-corrected chi connectivity index (χ2v) is 10.6. The smallest absolute Gasteiger partial charge is 0.508 e. The molecule has 232 valence electrons. The van der Waals surface area contributed by atoms with Crippen molar-refractivity contribution in [2.75, 3.05) is 6.54 Å². The number of carbonyl (C=O) groups is 2. The normalized spacial score (nSPS) is 12.3. The lowest BCUT2D eigenvalue weighted by Gasteiger charge is -2.17. The summed E-state index contributed by atoms with van der Waals surface area (Å²) in [6.45, 7) is 6.09. The quantitative estimate of drug-likeness (QED) is 0.0548. The zero-order valence-corrected chi connectivity index (χ0v) is 25.3. The van der Waals surface area contributed by atoms with Crippen molar-refractivity contribution in [1.29, 1.82) is 0 Å². The zero-order valence-electron chi connectivity index (χ0n) is 24.4. The summed E-state index contributed by atoms with van der Waals surface area (Å²) in [5.41, 5.74) is 1.15. The number of phenols is 1. The molecule has 4 rings (SSSR count). The number of rotatable bonds is 11. The molecule has 0 spiro atoms. The van der Waals surface area contributed by atoms with E-state index in [1.165, 1.54) is 54.6 Å². The fourth-order valence-corrected chi connectivity index (χ4v) is 4.86. The van der Waals surface area contributed by atoms with Crippen LogP contribution in [0.3, 0.4) is 0 Å². The monoisotopic (exact) mass is 623 g/mol. The third-order valence-electron chi connectivity index (χ3n) is 6.46. The van der Waals surface area contributed by atoms with Gasteiger partial charge in [-0.1, -0.05) is 26.0 Å². The Morgan fingerprint density at radius 1 is 1.05 bits per heavy atom. The van der Waals surface area contributed by atoms with Crippen LogP contribution in [0.15, 0.2) is 88.3 Å². The van der Waals surface area contributed by atoms with Crippen LogP contribution < -0.4 is 10.7 Å². The molecule has 1 amide bonds. The molecule has 0 saturated carbocycles. The second kappa shape index (κ2) is 15.2. The molecule has 1 unspecified atom stereocenters. The topological polar surface area (TPSA) is 184 Å². The fourth-order valence-electron chi connectivity index (χ4n) is 4.62. The largest absolute Gasteiger partial charge is 0.524 e. The van der Waals surface area contributed by atoms with Crippen LogP contribution >= 0.6 is 7.82 Å². The van der Waals surface area contributed by atoms with E-state index in [1.807, 2.05) is 32.9 Å². The number of hydrogen-bond donors (Lipinski definition) is 5. The highest BCUT2D eigenvalue weighted by atomic mass is 31.2. The summed E-state index contributed by atoms with van der Waals surface area (Å²) in [4.78, 5) is 55.0. The number of nitrogens with one attached hydrogen (secondary N) is 1. The van der Waals surface area contributed by atoms with Crippen LogP contribution in [0.25, 0.3) is 33.4 Å². The molecule has 0 bridgehead atoms. The Morgan fingerprint density at radius 2 is 1.80 bits per heavy atom. The van der Waals surface area contributed by atoms with E-state index in [4.69, 9.17) is 14.2 Å². The van der Waals surface area contributed by atoms with E-state index in [0.717, 1.165) is 6.26 Å². The third kappa shape index (κ3) is 8.67. The van der Waals surface area contributed by atoms with E-state index >= 15 is 0 Å². The third-order valence-corrected chi connectivity index (χ3v) is 6.85. The highest BCUT2D eigenvalue weighted by Gasteiger charge is 2.23. The molecule has 0 saturated heterocycles. The van der Waals surface area contributed by atoms with Crippen LogP contribution in [0.4, 0.5) is 0 Å². The van der Waals surface area contributed by atoms with Gasteiger partial charge >= 0.3 is 13.8 Å². The summed E-state index contributed by atoms with van der Waals surface area (Å²) >= 11 is 0. The molecular weight excluding hydrogens is 589 g/mol. The van der Waals surface area contributed by atoms with Crippen LogP contribution in [0.1, 0.15) is 54.3 Å². The van der Waals surface area contributed by atoms with Gasteiger partial charge in [-0.15, -0.1) is 0 Å². The average Bonchev–Trinajstić information content (AvgIpc) is 2.98. The highest BCUT2D eigenvalue weighted by molar-refractivity contribution is 7.46. The SMILES string of the molecule is C/C=C\C(C/C=C\OP(=O)(O)O)CCNC(=O)c1ccc(C(=O)O)c(-c2c3ccc(=O)cc-3oc3cc(O)ccc23)c1.CC. The molecule has 1 aliphatic carbocycles. The number of allylic oxidation sites excluding steroid dienone is 3. The van der Waals surface area contributed by atoms with Crippen molar-refractivity contribution >= 4 is 30.7 Å². The average molecular weight is 624 g/mol. The predicted octanol–water partition coefficient (Wildman–Crippen LogP) is 6.32. The van der Waals surface area contributed by atoms with Crippen molar-refractivity contribution in [3.05, 3.63) is 100 Å². The minimum absolute atomic E-state index is 0.0509. The predicted molar refractivity (Wildman–Crippen MR) is 167 cm³/mol. The summed E-state index contributed by atoms with van der Waals surface area (Å²) < 4.78 is 21.0. The standard InChI is InChI=1S/C30H28NO10P.C2H6/c1-2-4-18(5-3-14-40-42(37,38)39)12-13-31-29(34)19-6-9-22(30(35)36)25(15-19)28-23-10-7-20(32)16-26(23)41-27-17-21(33)8-11-24(27)28;1-2/h2-4,6-11,14-18,32H,5,12-13H2,1H3,(H,31,34)(H,35,36)(H2,37,38,39);1-2H3/b4-2-,14-3-;. The van der Waals surface area contributed by atoms with Gasteiger partial charge in [0.1, 0.15) is 17.1 Å². The zero-order chi connectivity index (χ0) is 32.4. The molecule has 2 aromatic rings. The number of phosphoric acid groups is 1. The number of aromatic hydroxyl groups is 1. The number of amides is 1. The minimum atomic E-state index is -4.61. The molecule has 12 heteroatoms. The van der Waals surface area contributed by atoms with E-state index in [9.17, 15) is 29.2 Å². The van der Waals surface area contributed by atoms with E-state index in [-0.39, 0.29) is 51.7 Å². The number of carboxylic acid groups (broad SMARTS) is 1. The van der Waals surface area contributed by atoms with Gasteiger partial charge in [-0.2, -0.15) is 0 Å². The highest BCUT2D eigenvalue weighted by Crippen LogP contribution is 2.42. The van der Waals surface area contributed by atoms with E-state index in [1.54, 1.807) is 6.07 Å². The number of hydrogen-bond acceptors (Lipinski definition) is 7. The number of aromatic carboxylic acids is 1. The number of carboxylic acids is 1. The molecule has 2 aromatic carbocycles. The van der Waals surface area contributed by atoms with Crippen LogP contribution in [0.2, 0.25) is 0 Å². The summed E-state index contributed by atoms with van der Waals surface area (Å²) in [7, 11) is -4.61. The van der Waals surface area contributed by atoms with E-state index < -0.39 is 19.7 Å². The Hall–Kier alpha value is -4.70. The first-order valence-corrected chi connectivity index (χ1v) is 15.4. The molecular formula is C32H34NO10P. The van der Waals surface area contributed by atoms with Crippen molar-refractivity contribution in [3.63, 3.8) is 0 Å². The first kappa shape index (κ1) is 33.8. The molecule has 2 aliphatic rings. The lowest BCUT2D eigenvalue weighted by atomic mass is 9.89. The molecule has 1 heterocycles. The van der Waals surface area contributed by atoms with Gasteiger partial charge in [0.05, 0.1) is 11.8 Å². The van der Waals surface area contributed by atoms with Crippen LogP contribution in [-0.4, -0.2) is 38.4 Å². The summed E-state index contributed by atoms with van der Waals surface area (Å²) in [6, 6.07) is 12.7. The van der Waals surface area contributed by atoms with Crippen molar-refractivity contribution in [3.8, 4) is 28.2 Å². The first-order valence-electron chi connectivity index (χ1n) is 13.8. The fraction of sp³-hybridized carbons (Fsp3) is 0.219. The van der Waals surface area contributed by atoms with Gasteiger partial charge in [0.2, 0.25) is 0 Å². The molecule has 11 nitrogen and oxygen atoms in total. The number of benzene rings is 3. The molecule has 5 N–H and O–H groups in total.